The predicted molar refractivity (Wildman–Crippen MR) is 255 cm³/mol. The predicted octanol–water partition coefficient (Wildman–Crippen LogP) is 15.0. The van der Waals surface area contributed by atoms with Gasteiger partial charge < -0.3 is 4.42 Å². The maximum absolute atomic E-state index is 9.29. The van der Waals surface area contributed by atoms with Crippen LogP contribution in [-0.4, -0.2) is 15.0 Å². The monoisotopic (exact) mass is 804 g/mol. The van der Waals surface area contributed by atoms with E-state index in [9.17, 15) is 5.26 Å². The Morgan fingerprint density at radius 1 is 0.317 bits per heavy atom. The van der Waals surface area contributed by atoms with Crippen LogP contribution in [0, 0.1) is 11.3 Å². The number of furan rings is 1. The maximum Gasteiger partial charge on any atom is 0.164 e. The summed E-state index contributed by atoms with van der Waals surface area (Å²) in [4.78, 5) is 15.6. The lowest BCUT2D eigenvalue weighted by molar-refractivity contribution is 0.669. The van der Waals surface area contributed by atoms with E-state index in [0.29, 0.717) is 23.0 Å². The van der Waals surface area contributed by atoms with Crippen molar-refractivity contribution in [2.45, 2.75) is 0 Å². The average Bonchev–Trinajstić information content (AvgIpc) is 3.74. The third-order valence-electron chi connectivity index (χ3n) is 11.6. The van der Waals surface area contributed by atoms with Crippen LogP contribution in [0.2, 0.25) is 0 Å². The molecule has 63 heavy (non-hydrogen) atoms. The second-order valence-electron chi connectivity index (χ2n) is 15.5. The van der Waals surface area contributed by atoms with Crippen molar-refractivity contribution in [1.82, 2.24) is 15.0 Å². The molecule has 0 spiro atoms. The minimum atomic E-state index is 0.543. The van der Waals surface area contributed by atoms with Crippen LogP contribution < -0.4 is 0 Å². The van der Waals surface area contributed by atoms with E-state index in [-0.39, 0.29) is 0 Å². The van der Waals surface area contributed by atoms with Crippen LogP contribution in [-0.2, 0) is 0 Å². The summed E-state index contributed by atoms with van der Waals surface area (Å²) in [6.45, 7) is 0. The fourth-order valence-electron chi connectivity index (χ4n) is 8.44. The topological polar surface area (TPSA) is 75.6 Å². The molecule has 0 atom stereocenters. The van der Waals surface area contributed by atoms with Crippen LogP contribution in [0.15, 0.2) is 223 Å². The molecule has 0 amide bonds. The molecule has 0 N–H and O–H groups in total. The van der Waals surface area contributed by atoms with Crippen molar-refractivity contribution in [3.63, 3.8) is 0 Å². The first-order valence-electron chi connectivity index (χ1n) is 20.9. The molecular weight excluding hydrogens is 769 g/mol. The fourth-order valence-corrected chi connectivity index (χ4v) is 8.44. The lowest BCUT2D eigenvalue weighted by atomic mass is 9.85. The number of aromatic nitrogens is 3. The van der Waals surface area contributed by atoms with Crippen LogP contribution in [0.3, 0.4) is 0 Å². The van der Waals surface area contributed by atoms with E-state index < -0.39 is 0 Å². The smallest absolute Gasteiger partial charge is 0.164 e. The third-order valence-corrected chi connectivity index (χ3v) is 11.6. The fraction of sp³-hybridized carbons (Fsp3) is 0. The Labute approximate surface area is 364 Å². The van der Waals surface area contributed by atoms with Gasteiger partial charge in [0.1, 0.15) is 11.2 Å². The van der Waals surface area contributed by atoms with E-state index in [2.05, 4.69) is 164 Å². The highest BCUT2D eigenvalue weighted by molar-refractivity contribution is 6.07. The Morgan fingerprint density at radius 2 is 0.730 bits per heavy atom. The quantitative estimate of drug-likeness (QED) is 0.153. The summed E-state index contributed by atoms with van der Waals surface area (Å²) in [6, 6.07) is 77.2. The minimum Gasteiger partial charge on any atom is -0.456 e. The molecule has 2 heterocycles. The molecule has 0 bridgehead atoms. The summed E-state index contributed by atoms with van der Waals surface area (Å²) in [5.41, 5.74) is 15.6. The zero-order valence-electron chi connectivity index (χ0n) is 34.0. The number of nitrogens with zero attached hydrogens (tertiary/aromatic N) is 4. The Balaban J connectivity index is 1.10. The van der Waals surface area contributed by atoms with Crippen molar-refractivity contribution in [2.75, 3.05) is 0 Å². The van der Waals surface area contributed by atoms with Gasteiger partial charge in [-0.25, -0.2) is 15.0 Å². The number of hydrogen-bond donors (Lipinski definition) is 0. The van der Waals surface area contributed by atoms with Gasteiger partial charge >= 0.3 is 0 Å². The molecule has 11 aromatic rings. The van der Waals surface area contributed by atoms with Gasteiger partial charge in [-0.05, 0) is 110 Å². The minimum absolute atomic E-state index is 0.543. The Morgan fingerprint density at radius 3 is 1.30 bits per heavy atom. The molecule has 9 aromatic carbocycles. The number of benzene rings is 9. The molecule has 0 aliphatic heterocycles. The summed E-state index contributed by atoms with van der Waals surface area (Å²) in [5.74, 6) is 1.69. The van der Waals surface area contributed by atoms with Crippen molar-refractivity contribution in [3.05, 3.63) is 224 Å². The largest absolute Gasteiger partial charge is 0.456 e. The van der Waals surface area contributed by atoms with Crippen LogP contribution in [0.4, 0.5) is 0 Å². The van der Waals surface area contributed by atoms with Crippen LogP contribution in [0.25, 0.3) is 112 Å². The summed E-state index contributed by atoms with van der Waals surface area (Å²) in [6.07, 6.45) is 0. The molecule has 294 valence electrons. The second-order valence-corrected chi connectivity index (χ2v) is 15.5. The van der Waals surface area contributed by atoms with Crippen LogP contribution in [0.5, 0.6) is 0 Å². The molecule has 0 aliphatic rings. The summed E-state index contributed by atoms with van der Waals surface area (Å²) < 4.78 is 6.55. The zero-order valence-corrected chi connectivity index (χ0v) is 34.0. The van der Waals surface area contributed by atoms with Crippen molar-refractivity contribution >= 4 is 21.9 Å². The van der Waals surface area contributed by atoms with E-state index in [4.69, 9.17) is 19.4 Å². The van der Waals surface area contributed by atoms with Crippen molar-refractivity contribution < 1.29 is 4.42 Å². The molecular formula is C58H36N4O. The van der Waals surface area contributed by atoms with Gasteiger partial charge in [-0.15, -0.1) is 0 Å². The summed E-state index contributed by atoms with van der Waals surface area (Å²) in [7, 11) is 0. The van der Waals surface area contributed by atoms with Gasteiger partial charge in [0.15, 0.2) is 17.5 Å². The molecule has 5 nitrogen and oxygen atoms in total. The molecule has 2 aromatic heterocycles. The lowest BCUT2D eigenvalue weighted by Gasteiger charge is -2.19. The third kappa shape index (κ3) is 7.22. The molecule has 0 fully saturated rings. The molecule has 5 heteroatoms. The summed E-state index contributed by atoms with van der Waals surface area (Å²) in [5, 5.41) is 11.3. The molecule has 0 radical (unpaired) electrons. The van der Waals surface area contributed by atoms with Gasteiger partial charge in [0.25, 0.3) is 0 Å². The number of fused-ring (bicyclic) bond motifs is 3. The molecule has 0 saturated carbocycles. The highest BCUT2D eigenvalue weighted by Gasteiger charge is 2.21. The van der Waals surface area contributed by atoms with Gasteiger partial charge in [0, 0.05) is 27.5 Å². The first-order valence-corrected chi connectivity index (χ1v) is 20.9. The SMILES string of the molecule is N#Cc1ccc(-c2ccc3c(c2)oc2cc(-c4nc(-c5ccccc5)nc(-c5cc(-c6ccccc6)c(-c6cccc(-c7ccccc7)c6)c(-c6ccccc6)c5)n4)ccc23)cc1. The van der Waals surface area contributed by atoms with Gasteiger partial charge in [-0.1, -0.05) is 164 Å². The normalized spacial score (nSPS) is 11.2. The van der Waals surface area contributed by atoms with E-state index in [1.807, 2.05) is 60.7 Å². The van der Waals surface area contributed by atoms with Crippen molar-refractivity contribution in [1.29, 1.82) is 5.26 Å². The number of hydrogen-bond acceptors (Lipinski definition) is 5. The molecule has 0 aliphatic carbocycles. The lowest BCUT2D eigenvalue weighted by Crippen LogP contribution is -2.01. The van der Waals surface area contributed by atoms with Gasteiger partial charge in [0.2, 0.25) is 0 Å². The Hall–Kier alpha value is -8.72. The van der Waals surface area contributed by atoms with Gasteiger partial charge in [-0.2, -0.15) is 5.26 Å². The molecule has 0 unspecified atom stereocenters. The molecule has 11 rings (SSSR count). The number of nitriles is 1. The highest BCUT2D eigenvalue weighted by atomic mass is 16.3. The maximum atomic E-state index is 9.29. The highest BCUT2D eigenvalue weighted by Crippen LogP contribution is 2.44. The van der Waals surface area contributed by atoms with Gasteiger partial charge in [0.05, 0.1) is 11.6 Å². The van der Waals surface area contributed by atoms with E-state index in [1.165, 1.54) is 5.56 Å². The van der Waals surface area contributed by atoms with E-state index in [1.54, 1.807) is 0 Å². The zero-order chi connectivity index (χ0) is 42.1. The first kappa shape index (κ1) is 37.3. The van der Waals surface area contributed by atoms with E-state index in [0.717, 1.165) is 88.7 Å². The van der Waals surface area contributed by atoms with E-state index >= 15 is 0 Å². The molecule has 0 saturated heterocycles. The standard InChI is InChI=1S/C58H36N4O/c59-37-38-24-26-40(27-25-38)45-28-30-49-50-31-29-47(36-54(50)63-53(49)35-45)57-60-56(43-20-11-4-12-21-43)61-58(62-57)48-33-51(41-16-7-2-8-17-41)55(52(34-48)42-18-9-3-10-19-42)46-23-13-22-44(32-46)39-14-5-1-6-15-39/h1-36H. The second kappa shape index (κ2) is 16.0. The Kier molecular flexibility index (Phi) is 9.50. The van der Waals surface area contributed by atoms with Crippen molar-refractivity contribution in [3.8, 4) is 95.9 Å². The van der Waals surface area contributed by atoms with Crippen molar-refractivity contribution in [2.24, 2.45) is 0 Å². The number of rotatable bonds is 8. The van der Waals surface area contributed by atoms with Crippen LogP contribution >= 0.6 is 0 Å². The van der Waals surface area contributed by atoms with Gasteiger partial charge in [-0.3, -0.25) is 0 Å². The first-order chi connectivity index (χ1) is 31.1. The summed E-state index contributed by atoms with van der Waals surface area (Å²) >= 11 is 0. The Bertz CT molecular complexity index is 3420. The van der Waals surface area contributed by atoms with Crippen LogP contribution in [0.1, 0.15) is 5.56 Å². The average molecular weight is 805 g/mol.